The Labute approximate surface area is 97.5 Å². The van der Waals surface area contributed by atoms with Crippen LogP contribution in [-0.4, -0.2) is 38.0 Å². The van der Waals surface area contributed by atoms with Gasteiger partial charge in [-0.05, 0) is 24.9 Å². The highest BCUT2D eigenvalue weighted by Gasteiger charge is 2.01. The van der Waals surface area contributed by atoms with Crippen LogP contribution in [0.3, 0.4) is 0 Å². The summed E-state index contributed by atoms with van der Waals surface area (Å²) < 4.78 is 0. The maximum absolute atomic E-state index is 11.2. The van der Waals surface area contributed by atoms with Crippen molar-refractivity contribution in [2.75, 3.05) is 27.2 Å². The molecule has 0 aliphatic carbocycles. The number of hydrogen-bond donors (Lipinski definition) is 1. The average Bonchev–Trinajstić information content (AvgIpc) is 2.29. The first-order chi connectivity index (χ1) is 7.70. The summed E-state index contributed by atoms with van der Waals surface area (Å²) in [5, 5.41) is 3.15. The number of nitrogens with zero attached hydrogens (tertiary/aromatic N) is 1. The lowest BCUT2D eigenvalue weighted by atomic mass is 10.1. The first-order valence-electron chi connectivity index (χ1n) is 5.65. The fraction of sp³-hybridized carbons (Fsp3) is 0.462. The molecule has 0 bridgehead atoms. The van der Waals surface area contributed by atoms with Gasteiger partial charge >= 0.3 is 0 Å². The van der Waals surface area contributed by atoms with E-state index in [2.05, 4.69) is 29.6 Å². The summed E-state index contributed by atoms with van der Waals surface area (Å²) in [5.41, 5.74) is 1.35. The van der Waals surface area contributed by atoms with Crippen molar-refractivity contribution in [3.05, 3.63) is 35.9 Å². The average molecular weight is 220 g/mol. The van der Waals surface area contributed by atoms with E-state index in [-0.39, 0.29) is 5.91 Å². The Bertz CT molecular complexity index is 309. The van der Waals surface area contributed by atoms with Gasteiger partial charge in [-0.1, -0.05) is 30.3 Å². The Morgan fingerprint density at radius 1 is 1.25 bits per heavy atom. The number of nitrogens with one attached hydrogen (secondary N) is 1. The number of hydrogen-bond acceptors (Lipinski definition) is 2. The van der Waals surface area contributed by atoms with Crippen LogP contribution in [-0.2, 0) is 11.2 Å². The van der Waals surface area contributed by atoms with Gasteiger partial charge in [-0.25, -0.2) is 0 Å². The summed E-state index contributed by atoms with van der Waals surface area (Å²) >= 11 is 0. The van der Waals surface area contributed by atoms with Crippen LogP contribution in [0, 0.1) is 0 Å². The minimum Gasteiger partial charge on any atom is -0.348 e. The Balaban J connectivity index is 2.07. The standard InChI is InChI=1S/C13H20N2O/c1-15(2)13(16)11-14-10-6-9-12-7-4-3-5-8-12/h3-5,7-8,14H,6,9-11H2,1-2H3. The molecule has 1 aromatic carbocycles. The van der Waals surface area contributed by atoms with E-state index in [9.17, 15) is 4.79 Å². The van der Waals surface area contributed by atoms with Gasteiger partial charge in [-0.15, -0.1) is 0 Å². The fourth-order valence-electron chi connectivity index (χ4n) is 1.42. The molecule has 0 fully saturated rings. The van der Waals surface area contributed by atoms with Crippen LogP contribution in [0.15, 0.2) is 30.3 Å². The predicted octanol–water partition coefficient (Wildman–Crippen LogP) is 1.30. The molecule has 0 spiro atoms. The van der Waals surface area contributed by atoms with Crippen LogP contribution in [0.1, 0.15) is 12.0 Å². The molecule has 0 aliphatic heterocycles. The molecule has 1 N–H and O–H groups in total. The third kappa shape index (κ3) is 4.94. The molecule has 3 heteroatoms. The van der Waals surface area contributed by atoms with Gasteiger partial charge in [-0.2, -0.15) is 0 Å². The van der Waals surface area contributed by atoms with Crippen molar-refractivity contribution in [1.82, 2.24) is 10.2 Å². The fourth-order valence-corrected chi connectivity index (χ4v) is 1.42. The molecule has 0 radical (unpaired) electrons. The number of rotatable bonds is 6. The van der Waals surface area contributed by atoms with Crippen LogP contribution in [0.25, 0.3) is 0 Å². The van der Waals surface area contributed by atoms with Gasteiger partial charge in [0.25, 0.3) is 0 Å². The Kier molecular flexibility index (Phi) is 5.57. The van der Waals surface area contributed by atoms with Crippen LogP contribution in [0.2, 0.25) is 0 Å². The number of carbonyl (C=O) groups excluding carboxylic acids is 1. The van der Waals surface area contributed by atoms with Crippen molar-refractivity contribution in [2.24, 2.45) is 0 Å². The molecule has 1 aromatic rings. The van der Waals surface area contributed by atoms with Crippen molar-refractivity contribution in [1.29, 1.82) is 0 Å². The van der Waals surface area contributed by atoms with Gasteiger partial charge in [0.05, 0.1) is 6.54 Å². The zero-order chi connectivity index (χ0) is 11.8. The molecule has 0 saturated carbocycles. The van der Waals surface area contributed by atoms with E-state index in [1.807, 2.05) is 6.07 Å². The molecular weight excluding hydrogens is 200 g/mol. The number of aryl methyl sites for hydroxylation is 1. The molecule has 88 valence electrons. The summed E-state index contributed by atoms with van der Waals surface area (Å²) in [6, 6.07) is 10.4. The smallest absolute Gasteiger partial charge is 0.236 e. The zero-order valence-electron chi connectivity index (χ0n) is 10.1. The maximum atomic E-state index is 11.2. The Morgan fingerprint density at radius 3 is 2.56 bits per heavy atom. The summed E-state index contributed by atoms with van der Waals surface area (Å²) in [6.07, 6.45) is 2.12. The predicted molar refractivity (Wildman–Crippen MR) is 66.3 cm³/mol. The van der Waals surface area contributed by atoms with E-state index in [0.717, 1.165) is 19.4 Å². The van der Waals surface area contributed by atoms with Crippen LogP contribution in [0.4, 0.5) is 0 Å². The Hall–Kier alpha value is -1.35. The maximum Gasteiger partial charge on any atom is 0.236 e. The lowest BCUT2D eigenvalue weighted by Gasteiger charge is -2.10. The summed E-state index contributed by atoms with van der Waals surface area (Å²) in [6.45, 7) is 1.32. The van der Waals surface area contributed by atoms with Crippen molar-refractivity contribution < 1.29 is 4.79 Å². The molecule has 16 heavy (non-hydrogen) atoms. The van der Waals surface area contributed by atoms with E-state index < -0.39 is 0 Å². The second-order valence-corrected chi connectivity index (χ2v) is 4.05. The minimum atomic E-state index is 0.125. The highest BCUT2D eigenvalue weighted by Crippen LogP contribution is 2.01. The molecule has 0 aromatic heterocycles. The summed E-state index contributed by atoms with van der Waals surface area (Å²) in [5.74, 6) is 0.125. The highest BCUT2D eigenvalue weighted by molar-refractivity contribution is 5.77. The normalized spacial score (nSPS) is 10.1. The molecule has 3 nitrogen and oxygen atoms in total. The summed E-state index contributed by atoms with van der Waals surface area (Å²) in [7, 11) is 3.54. The second-order valence-electron chi connectivity index (χ2n) is 4.05. The number of carbonyl (C=O) groups is 1. The van der Waals surface area contributed by atoms with E-state index in [4.69, 9.17) is 0 Å². The molecule has 0 atom stereocenters. The lowest BCUT2D eigenvalue weighted by molar-refractivity contribution is -0.127. The molecule has 0 saturated heterocycles. The van der Waals surface area contributed by atoms with Crippen LogP contribution < -0.4 is 5.32 Å². The van der Waals surface area contributed by atoms with E-state index in [1.165, 1.54) is 5.56 Å². The van der Waals surface area contributed by atoms with Crippen molar-refractivity contribution >= 4 is 5.91 Å². The van der Waals surface area contributed by atoms with E-state index in [1.54, 1.807) is 19.0 Å². The van der Waals surface area contributed by atoms with E-state index >= 15 is 0 Å². The number of likely N-dealkylation sites (N-methyl/N-ethyl adjacent to an activating group) is 1. The molecule has 1 amide bonds. The van der Waals surface area contributed by atoms with Gasteiger partial charge in [-0.3, -0.25) is 4.79 Å². The molecule has 0 aliphatic rings. The lowest BCUT2D eigenvalue weighted by Crippen LogP contribution is -2.33. The third-order valence-electron chi connectivity index (χ3n) is 2.44. The monoisotopic (exact) mass is 220 g/mol. The third-order valence-corrected chi connectivity index (χ3v) is 2.44. The van der Waals surface area contributed by atoms with Crippen molar-refractivity contribution in [3.8, 4) is 0 Å². The molecular formula is C13H20N2O. The van der Waals surface area contributed by atoms with Gasteiger partial charge in [0.2, 0.25) is 5.91 Å². The summed E-state index contributed by atoms with van der Waals surface area (Å²) in [4.78, 5) is 12.8. The van der Waals surface area contributed by atoms with Gasteiger partial charge in [0.15, 0.2) is 0 Å². The molecule has 1 rings (SSSR count). The number of amides is 1. The van der Waals surface area contributed by atoms with Gasteiger partial charge < -0.3 is 10.2 Å². The first-order valence-corrected chi connectivity index (χ1v) is 5.65. The first kappa shape index (κ1) is 12.7. The quantitative estimate of drug-likeness (QED) is 0.733. The van der Waals surface area contributed by atoms with Gasteiger partial charge in [0.1, 0.15) is 0 Å². The Morgan fingerprint density at radius 2 is 1.94 bits per heavy atom. The SMILES string of the molecule is CN(C)C(=O)CNCCCc1ccccc1. The highest BCUT2D eigenvalue weighted by atomic mass is 16.2. The van der Waals surface area contributed by atoms with E-state index in [0.29, 0.717) is 6.54 Å². The van der Waals surface area contributed by atoms with Crippen LogP contribution >= 0.6 is 0 Å². The molecule has 0 unspecified atom stereocenters. The van der Waals surface area contributed by atoms with Gasteiger partial charge in [0, 0.05) is 14.1 Å². The molecule has 0 heterocycles. The topological polar surface area (TPSA) is 32.3 Å². The zero-order valence-corrected chi connectivity index (χ0v) is 10.1. The van der Waals surface area contributed by atoms with Crippen LogP contribution in [0.5, 0.6) is 0 Å². The van der Waals surface area contributed by atoms with Crippen molar-refractivity contribution in [3.63, 3.8) is 0 Å². The van der Waals surface area contributed by atoms with Crippen molar-refractivity contribution in [2.45, 2.75) is 12.8 Å². The minimum absolute atomic E-state index is 0.125. The number of benzene rings is 1. The second kappa shape index (κ2) is 7.01. The largest absolute Gasteiger partial charge is 0.348 e.